The van der Waals surface area contributed by atoms with Crippen LogP contribution >= 0.6 is 0 Å². The highest BCUT2D eigenvalue weighted by molar-refractivity contribution is 5.78. The smallest absolute Gasteiger partial charge is 0.217 e. The van der Waals surface area contributed by atoms with E-state index in [-0.39, 0.29) is 5.91 Å². The molecule has 4 aliphatic carbocycles. The van der Waals surface area contributed by atoms with Crippen molar-refractivity contribution in [3.8, 4) is 0 Å². The Morgan fingerprint density at radius 3 is 1.89 bits per heavy atom. The molecule has 0 bridgehead atoms. The van der Waals surface area contributed by atoms with E-state index in [2.05, 4.69) is 46.9 Å². The van der Waals surface area contributed by atoms with Crippen LogP contribution in [-0.4, -0.2) is 17.7 Å². The third-order valence-electron chi connectivity index (χ3n) is 7.74. The Labute approximate surface area is 172 Å². The van der Waals surface area contributed by atoms with Gasteiger partial charge in [0.2, 0.25) is 5.91 Å². The van der Waals surface area contributed by atoms with Gasteiger partial charge in [0.05, 0.1) is 0 Å². The minimum absolute atomic E-state index is 0.110. The van der Waals surface area contributed by atoms with Gasteiger partial charge in [0.25, 0.3) is 0 Å². The zero-order chi connectivity index (χ0) is 21.2. The van der Waals surface area contributed by atoms with Gasteiger partial charge in [-0.15, -0.1) is 0 Å². The number of hydrogen-bond donors (Lipinski definition) is 1. The zero-order valence-corrected chi connectivity index (χ0v) is 19.6. The number of rotatable bonds is 5. The van der Waals surface area contributed by atoms with E-state index in [4.69, 9.17) is 0 Å². The molecule has 0 saturated heterocycles. The maximum Gasteiger partial charge on any atom is 0.217 e. The molecule has 28 heavy (non-hydrogen) atoms. The average Bonchev–Trinajstić information content (AvgIpc) is 3.11. The van der Waals surface area contributed by atoms with Crippen LogP contribution < -0.4 is 5.32 Å². The van der Waals surface area contributed by atoms with Gasteiger partial charge in [0, 0.05) is 19.4 Å². The summed E-state index contributed by atoms with van der Waals surface area (Å²) in [5.41, 5.74) is 2.75. The first kappa shape index (κ1) is 21.8. The topological polar surface area (TPSA) is 46.2 Å². The van der Waals surface area contributed by atoms with E-state index in [1.165, 1.54) is 44.9 Å². The third kappa shape index (κ3) is 4.19. The van der Waals surface area contributed by atoms with Gasteiger partial charge in [-0.05, 0) is 84.9 Å². The predicted molar refractivity (Wildman–Crippen MR) is 115 cm³/mol. The lowest BCUT2D eigenvalue weighted by atomic mass is 9.66. The van der Waals surface area contributed by atoms with Crippen LogP contribution in [-0.2, 0) is 9.59 Å². The Kier molecular flexibility index (Phi) is 5.13. The first-order valence-corrected chi connectivity index (χ1v) is 11.4. The monoisotopic (exact) mass is 389 g/mol. The van der Waals surface area contributed by atoms with Gasteiger partial charge >= 0.3 is 0 Å². The van der Waals surface area contributed by atoms with Gasteiger partial charge in [-0.1, -0.05) is 41.5 Å². The van der Waals surface area contributed by atoms with Crippen LogP contribution in [0.5, 0.6) is 0 Å². The Morgan fingerprint density at radius 2 is 1.46 bits per heavy atom. The maximum atomic E-state index is 11.2. The molecule has 3 nitrogen and oxygen atoms in total. The van der Waals surface area contributed by atoms with E-state index in [9.17, 15) is 9.59 Å². The van der Waals surface area contributed by atoms with E-state index in [0.29, 0.717) is 38.9 Å². The summed E-state index contributed by atoms with van der Waals surface area (Å²) in [4.78, 5) is 22.0. The molecule has 0 aromatic heterocycles. The molecule has 1 spiro atoms. The second kappa shape index (κ2) is 6.57. The molecule has 0 radical (unpaired) electrons. The number of Topliss-reactive ketones (excluding diaryl/α,β-unsaturated/α-hetero) is 1. The standard InChI is InChI=1S/C14H22O.C11H21NO/c1-10(15)5-12-7-13(6-11(2,3)4)9-14(12,13)8-12;1-8(13)12-10-5-9(6-10)7-11(2,3)4/h5-9H2,1-4H3;9-10H,5-7H2,1-4H3,(H,12,13). The molecule has 4 saturated carbocycles. The summed E-state index contributed by atoms with van der Waals surface area (Å²) in [6, 6.07) is 0.463. The molecule has 4 rings (SSSR count). The van der Waals surface area contributed by atoms with Crippen molar-refractivity contribution < 1.29 is 9.59 Å². The summed E-state index contributed by atoms with van der Waals surface area (Å²) in [5, 5.41) is 2.96. The van der Waals surface area contributed by atoms with Crippen molar-refractivity contribution in [1.82, 2.24) is 5.32 Å². The van der Waals surface area contributed by atoms with E-state index < -0.39 is 0 Å². The highest BCUT2D eigenvalue weighted by Gasteiger charge is 2.95. The van der Waals surface area contributed by atoms with Crippen LogP contribution in [0.3, 0.4) is 0 Å². The zero-order valence-electron chi connectivity index (χ0n) is 19.6. The fourth-order valence-corrected chi connectivity index (χ4v) is 7.33. The first-order valence-electron chi connectivity index (χ1n) is 11.4. The van der Waals surface area contributed by atoms with Crippen LogP contribution in [0.2, 0.25) is 0 Å². The molecular formula is C25H43NO2. The summed E-state index contributed by atoms with van der Waals surface area (Å²) >= 11 is 0. The highest BCUT2D eigenvalue weighted by Crippen LogP contribution is 3.02. The minimum atomic E-state index is 0.110. The van der Waals surface area contributed by atoms with Gasteiger partial charge < -0.3 is 10.1 Å². The highest BCUT2D eigenvalue weighted by atomic mass is 16.1. The van der Waals surface area contributed by atoms with Crippen LogP contribution in [0.1, 0.15) is 107 Å². The van der Waals surface area contributed by atoms with Crippen LogP contribution in [0, 0.1) is 33.0 Å². The third-order valence-corrected chi connectivity index (χ3v) is 7.74. The van der Waals surface area contributed by atoms with Crippen molar-refractivity contribution in [2.45, 2.75) is 113 Å². The molecule has 3 heteroatoms. The molecule has 1 amide bonds. The molecule has 160 valence electrons. The molecular weight excluding hydrogens is 346 g/mol. The summed E-state index contributed by atoms with van der Waals surface area (Å²) in [6.07, 6.45) is 10.0. The van der Waals surface area contributed by atoms with E-state index in [0.717, 1.165) is 12.3 Å². The largest absolute Gasteiger partial charge is 0.354 e. The van der Waals surface area contributed by atoms with Crippen molar-refractivity contribution in [3.05, 3.63) is 0 Å². The number of hydrogen-bond acceptors (Lipinski definition) is 2. The Hall–Kier alpha value is -0.860. The lowest BCUT2D eigenvalue weighted by Crippen LogP contribution is -2.44. The van der Waals surface area contributed by atoms with Crippen molar-refractivity contribution in [2.75, 3.05) is 0 Å². The number of carbonyl (C=O) groups excluding carboxylic acids is 2. The number of nitrogens with one attached hydrogen (secondary N) is 1. The number of amides is 1. The van der Waals surface area contributed by atoms with Gasteiger partial charge in [0.1, 0.15) is 5.78 Å². The van der Waals surface area contributed by atoms with Crippen molar-refractivity contribution >= 4 is 11.7 Å². The normalized spacial score (nSPS) is 39.9. The molecule has 4 aliphatic rings. The van der Waals surface area contributed by atoms with Crippen LogP contribution in [0.15, 0.2) is 0 Å². The minimum Gasteiger partial charge on any atom is -0.354 e. The fourth-order valence-electron chi connectivity index (χ4n) is 7.33. The fraction of sp³-hybridized carbons (Fsp3) is 0.920. The Balaban J connectivity index is 0.000000163. The second-order valence-corrected chi connectivity index (χ2v) is 13.3. The van der Waals surface area contributed by atoms with Crippen LogP contribution in [0.4, 0.5) is 0 Å². The molecule has 0 aromatic carbocycles. The van der Waals surface area contributed by atoms with Crippen molar-refractivity contribution in [2.24, 2.45) is 33.0 Å². The van der Waals surface area contributed by atoms with Gasteiger partial charge in [-0.25, -0.2) is 0 Å². The summed E-state index contributed by atoms with van der Waals surface area (Å²) < 4.78 is 0. The Bertz CT molecular complexity index is 648. The van der Waals surface area contributed by atoms with E-state index in [1.54, 1.807) is 13.8 Å². The molecule has 4 fully saturated rings. The number of carbonyl (C=O) groups is 2. The van der Waals surface area contributed by atoms with E-state index in [1.807, 2.05) is 0 Å². The lowest BCUT2D eigenvalue weighted by Gasteiger charge is -2.39. The van der Waals surface area contributed by atoms with Crippen molar-refractivity contribution in [1.29, 1.82) is 0 Å². The Morgan fingerprint density at radius 1 is 0.893 bits per heavy atom. The van der Waals surface area contributed by atoms with Gasteiger partial charge in [0.15, 0.2) is 0 Å². The quantitative estimate of drug-likeness (QED) is 0.635. The predicted octanol–water partition coefficient (Wildman–Crippen LogP) is 5.91. The maximum absolute atomic E-state index is 11.2. The van der Waals surface area contributed by atoms with Crippen molar-refractivity contribution in [3.63, 3.8) is 0 Å². The molecule has 0 heterocycles. The van der Waals surface area contributed by atoms with E-state index >= 15 is 0 Å². The summed E-state index contributed by atoms with van der Waals surface area (Å²) in [5.74, 6) is 1.35. The molecule has 0 aliphatic heterocycles. The average molecular weight is 390 g/mol. The molecule has 1 N–H and O–H groups in total. The van der Waals surface area contributed by atoms with Gasteiger partial charge in [-0.2, -0.15) is 0 Å². The SMILES string of the molecule is CC(=O)CC12CC3(CC(C)(C)C)CC13C2.CC(=O)NC1CC(CC(C)(C)C)C1. The van der Waals surface area contributed by atoms with Crippen LogP contribution in [0.25, 0.3) is 0 Å². The summed E-state index contributed by atoms with van der Waals surface area (Å²) in [6.45, 7) is 17.2. The summed E-state index contributed by atoms with van der Waals surface area (Å²) in [7, 11) is 0. The molecule has 3 atom stereocenters. The van der Waals surface area contributed by atoms with Gasteiger partial charge in [-0.3, -0.25) is 4.79 Å². The molecule has 0 aromatic rings. The first-order chi connectivity index (χ1) is 12.6. The number of ketones is 1. The second-order valence-electron chi connectivity index (χ2n) is 13.3. The molecule has 3 unspecified atom stereocenters. The lowest BCUT2D eigenvalue weighted by molar-refractivity contribution is -0.121.